The van der Waals surface area contributed by atoms with Gasteiger partial charge in [0.2, 0.25) is 5.91 Å². The molecule has 5 heteroatoms. The Morgan fingerprint density at radius 2 is 2.50 bits per heavy atom. The number of methoxy groups -OCH3 is 1. The van der Waals surface area contributed by atoms with Gasteiger partial charge in [0.1, 0.15) is 0 Å². The maximum atomic E-state index is 11.8. The molecule has 0 bridgehead atoms. The van der Waals surface area contributed by atoms with Crippen LogP contribution in [0.25, 0.3) is 0 Å². The largest absolute Gasteiger partial charge is 0.383 e. The van der Waals surface area contributed by atoms with E-state index in [1.807, 2.05) is 18.3 Å². The molecule has 1 amide bonds. The van der Waals surface area contributed by atoms with Crippen molar-refractivity contribution in [2.75, 3.05) is 26.8 Å². The van der Waals surface area contributed by atoms with Crippen molar-refractivity contribution in [3.8, 4) is 0 Å². The molecule has 0 fully saturated rings. The number of ether oxygens (including phenoxy) is 1. The summed E-state index contributed by atoms with van der Waals surface area (Å²) in [7, 11) is 1.64. The standard InChI is InChI=1S/C13H20N2O2S/c1-10(9-17-2)14-13(16)8-15-5-3-12-11(7-15)4-6-18-12/h4,6,10H,3,5,7-9H2,1-2H3,(H,14,16). The number of fused-ring (bicyclic) bond motifs is 1. The van der Waals surface area contributed by atoms with Gasteiger partial charge < -0.3 is 10.1 Å². The number of nitrogens with one attached hydrogen (secondary N) is 1. The van der Waals surface area contributed by atoms with Gasteiger partial charge in [-0.1, -0.05) is 0 Å². The van der Waals surface area contributed by atoms with Crippen LogP contribution in [0.5, 0.6) is 0 Å². The third-order valence-corrected chi connectivity index (χ3v) is 4.10. The number of carbonyl (C=O) groups excluding carboxylic acids is 1. The van der Waals surface area contributed by atoms with Crippen molar-refractivity contribution < 1.29 is 9.53 Å². The van der Waals surface area contributed by atoms with Crippen LogP contribution in [0.3, 0.4) is 0 Å². The molecule has 0 radical (unpaired) electrons. The molecule has 1 atom stereocenters. The molecule has 1 aliphatic heterocycles. The van der Waals surface area contributed by atoms with E-state index in [0.717, 1.165) is 19.5 Å². The first-order chi connectivity index (χ1) is 8.69. The van der Waals surface area contributed by atoms with Crippen molar-refractivity contribution in [2.24, 2.45) is 0 Å². The fourth-order valence-corrected chi connectivity index (χ4v) is 3.15. The lowest BCUT2D eigenvalue weighted by Crippen LogP contribution is -2.43. The molecule has 4 nitrogen and oxygen atoms in total. The van der Waals surface area contributed by atoms with E-state index in [9.17, 15) is 4.79 Å². The predicted octanol–water partition coefficient (Wildman–Crippen LogP) is 1.26. The first-order valence-electron chi connectivity index (χ1n) is 6.25. The van der Waals surface area contributed by atoms with Crippen LogP contribution in [0.1, 0.15) is 17.4 Å². The van der Waals surface area contributed by atoms with Crippen molar-refractivity contribution in [1.82, 2.24) is 10.2 Å². The van der Waals surface area contributed by atoms with E-state index in [0.29, 0.717) is 13.2 Å². The maximum absolute atomic E-state index is 11.8. The summed E-state index contributed by atoms with van der Waals surface area (Å²) in [6.07, 6.45) is 1.06. The van der Waals surface area contributed by atoms with Crippen molar-refractivity contribution in [2.45, 2.75) is 25.9 Å². The molecule has 0 aromatic carbocycles. The van der Waals surface area contributed by atoms with E-state index in [4.69, 9.17) is 4.74 Å². The highest BCUT2D eigenvalue weighted by Gasteiger charge is 2.19. The molecule has 100 valence electrons. The van der Waals surface area contributed by atoms with Gasteiger partial charge in [0.05, 0.1) is 13.2 Å². The van der Waals surface area contributed by atoms with Crippen molar-refractivity contribution in [3.63, 3.8) is 0 Å². The molecule has 1 aliphatic rings. The van der Waals surface area contributed by atoms with Crippen LogP contribution in [0.4, 0.5) is 0 Å². The Labute approximate surface area is 112 Å². The molecule has 0 spiro atoms. The lowest BCUT2D eigenvalue weighted by atomic mass is 10.1. The number of hydrogen-bond donors (Lipinski definition) is 1. The van der Waals surface area contributed by atoms with Crippen LogP contribution >= 0.6 is 11.3 Å². The Bertz CT molecular complexity index is 405. The van der Waals surface area contributed by atoms with E-state index in [1.165, 1.54) is 10.4 Å². The molecule has 18 heavy (non-hydrogen) atoms. The zero-order valence-corrected chi connectivity index (χ0v) is 11.8. The van der Waals surface area contributed by atoms with E-state index in [-0.39, 0.29) is 11.9 Å². The van der Waals surface area contributed by atoms with Crippen molar-refractivity contribution in [3.05, 3.63) is 21.9 Å². The van der Waals surface area contributed by atoms with E-state index in [1.54, 1.807) is 7.11 Å². The van der Waals surface area contributed by atoms with Gasteiger partial charge in [-0.3, -0.25) is 9.69 Å². The van der Waals surface area contributed by atoms with E-state index < -0.39 is 0 Å². The Morgan fingerprint density at radius 3 is 3.28 bits per heavy atom. The van der Waals surface area contributed by atoms with Crippen LogP contribution in [-0.4, -0.2) is 43.7 Å². The molecule has 2 heterocycles. The Hall–Kier alpha value is -0.910. The number of carbonyl (C=O) groups is 1. The fraction of sp³-hybridized carbons (Fsp3) is 0.615. The number of amides is 1. The van der Waals surface area contributed by atoms with Gasteiger partial charge in [-0.05, 0) is 30.4 Å². The smallest absolute Gasteiger partial charge is 0.234 e. The molecule has 0 saturated carbocycles. The first kappa shape index (κ1) is 13.5. The van der Waals surface area contributed by atoms with Gasteiger partial charge in [-0.15, -0.1) is 11.3 Å². The molecular weight excluding hydrogens is 248 g/mol. The summed E-state index contributed by atoms with van der Waals surface area (Å²) in [6.45, 7) is 4.85. The molecule has 1 aromatic rings. The number of rotatable bonds is 5. The summed E-state index contributed by atoms with van der Waals surface area (Å²) >= 11 is 1.82. The summed E-state index contributed by atoms with van der Waals surface area (Å²) in [5.74, 6) is 0.0817. The normalized spacial score (nSPS) is 17.2. The Balaban J connectivity index is 1.79. The highest BCUT2D eigenvalue weighted by molar-refractivity contribution is 7.10. The summed E-state index contributed by atoms with van der Waals surface area (Å²) in [5.41, 5.74) is 1.38. The minimum Gasteiger partial charge on any atom is -0.383 e. The highest BCUT2D eigenvalue weighted by atomic mass is 32.1. The Morgan fingerprint density at radius 1 is 1.67 bits per heavy atom. The van der Waals surface area contributed by atoms with E-state index >= 15 is 0 Å². The minimum absolute atomic E-state index is 0.0731. The van der Waals surface area contributed by atoms with Gasteiger partial charge in [0.25, 0.3) is 0 Å². The second kappa shape index (κ2) is 6.31. The number of hydrogen-bond acceptors (Lipinski definition) is 4. The lowest BCUT2D eigenvalue weighted by Gasteiger charge is -2.26. The van der Waals surface area contributed by atoms with Crippen LogP contribution in [-0.2, 0) is 22.5 Å². The Kier molecular flexibility index (Phi) is 4.74. The monoisotopic (exact) mass is 268 g/mol. The summed E-state index contributed by atoms with van der Waals surface area (Å²) in [6, 6.07) is 2.24. The second-order valence-electron chi connectivity index (χ2n) is 4.75. The van der Waals surface area contributed by atoms with Crippen molar-refractivity contribution >= 4 is 17.2 Å². The van der Waals surface area contributed by atoms with Gasteiger partial charge in [0.15, 0.2) is 0 Å². The van der Waals surface area contributed by atoms with Gasteiger partial charge in [-0.2, -0.15) is 0 Å². The van der Waals surface area contributed by atoms with Crippen LogP contribution in [0.15, 0.2) is 11.4 Å². The second-order valence-corrected chi connectivity index (χ2v) is 5.75. The topological polar surface area (TPSA) is 41.6 Å². The summed E-state index contributed by atoms with van der Waals surface area (Å²) in [5, 5.41) is 5.08. The lowest BCUT2D eigenvalue weighted by molar-refractivity contribution is -0.123. The molecule has 0 aliphatic carbocycles. The first-order valence-corrected chi connectivity index (χ1v) is 7.13. The predicted molar refractivity (Wildman–Crippen MR) is 72.8 cm³/mol. The number of nitrogens with zero attached hydrogens (tertiary/aromatic N) is 1. The van der Waals surface area contributed by atoms with E-state index in [2.05, 4.69) is 21.7 Å². The van der Waals surface area contributed by atoms with Gasteiger partial charge in [-0.25, -0.2) is 0 Å². The molecule has 1 unspecified atom stereocenters. The molecule has 1 aromatic heterocycles. The molecule has 2 rings (SSSR count). The van der Waals surface area contributed by atoms with Crippen molar-refractivity contribution in [1.29, 1.82) is 0 Å². The van der Waals surface area contributed by atoms with Crippen LogP contribution in [0.2, 0.25) is 0 Å². The average molecular weight is 268 g/mol. The number of thiophene rings is 1. The van der Waals surface area contributed by atoms with Gasteiger partial charge in [0, 0.05) is 31.1 Å². The van der Waals surface area contributed by atoms with Gasteiger partial charge >= 0.3 is 0 Å². The molecular formula is C13H20N2O2S. The third kappa shape index (κ3) is 3.54. The van der Waals surface area contributed by atoms with Crippen LogP contribution in [0, 0.1) is 0 Å². The zero-order chi connectivity index (χ0) is 13.0. The quantitative estimate of drug-likeness (QED) is 0.874. The minimum atomic E-state index is 0.0731. The third-order valence-electron chi connectivity index (χ3n) is 3.08. The zero-order valence-electron chi connectivity index (χ0n) is 10.9. The molecule has 1 N–H and O–H groups in total. The van der Waals surface area contributed by atoms with Crippen LogP contribution < -0.4 is 5.32 Å². The summed E-state index contributed by atoms with van der Waals surface area (Å²) in [4.78, 5) is 15.5. The SMILES string of the molecule is COCC(C)NC(=O)CN1CCc2sccc2C1. The summed E-state index contributed by atoms with van der Waals surface area (Å²) < 4.78 is 5.00. The highest BCUT2D eigenvalue weighted by Crippen LogP contribution is 2.23. The maximum Gasteiger partial charge on any atom is 0.234 e. The average Bonchev–Trinajstić information content (AvgIpc) is 2.76. The fourth-order valence-electron chi connectivity index (χ4n) is 2.26. The molecule has 0 saturated heterocycles.